The van der Waals surface area contributed by atoms with Crippen LogP contribution in [-0.2, 0) is 14.9 Å². The van der Waals surface area contributed by atoms with Gasteiger partial charge < -0.3 is 9.15 Å². The summed E-state index contributed by atoms with van der Waals surface area (Å²) in [7, 11) is -3.47. The van der Waals surface area contributed by atoms with E-state index in [1.807, 2.05) is 12.1 Å². The maximum Gasteiger partial charge on any atom is 0.279 e. The molecule has 1 unspecified atom stereocenters. The van der Waals surface area contributed by atoms with Crippen LogP contribution in [0.4, 0.5) is 0 Å². The summed E-state index contributed by atoms with van der Waals surface area (Å²) in [5.41, 5.74) is 0. The van der Waals surface area contributed by atoms with Crippen molar-refractivity contribution in [2.24, 2.45) is 0 Å². The minimum Gasteiger partial charge on any atom is -0.468 e. The van der Waals surface area contributed by atoms with E-state index in [0.717, 1.165) is 31.7 Å². The lowest BCUT2D eigenvalue weighted by Gasteiger charge is -2.34. The molecule has 130 valence electrons. The van der Waals surface area contributed by atoms with Gasteiger partial charge in [0.25, 0.3) is 10.2 Å². The average molecular weight is 343 g/mol. The fraction of sp³-hybridized carbons (Fsp3) is 0.733. The summed E-state index contributed by atoms with van der Waals surface area (Å²) in [4.78, 5) is 2.31. The Morgan fingerprint density at radius 2 is 1.87 bits per heavy atom. The third-order valence-electron chi connectivity index (χ3n) is 4.47. The number of furan rings is 1. The van der Waals surface area contributed by atoms with Crippen LogP contribution < -0.4 is 4.72 Å². The molecule has 2 aliphatic rings. The van der Waals surface area contributed by atoms with Gasteiger partial charge in [0.2, 0.25) is 0 Å². The van der Waals surface area contributed by atoms with Crippen molar-refractivity contribution in [3.8, 4) is 0 Å². The average Bonchev–Trinajstić information content (AvgIpc) is 3.11. The van der Waals surface area contributed by atoms with Crippen molar-refractivity contribution in [2.45, 2.75) is 25.3 Å². The molecule has 7 nitrogen and oxygen atoms in total. The zero-order valence-electron chi connectivity index (χ0n) is 13.3. The Bertz CT molecular complexity index is 564. The summed E-state index contributed by atoms with van der Waals surface area (Å²) < 4.78 is 39.9. The number of nitrogens with zero attached hydrogens (tertiary/aromatic N) is 2. The normalized spacial score (nSPS) is 23.0. The maximum atomic E-state index is 12.5. The summed E-state index contributed by atoms with van der Waals surface area (Å²) in [6, 6.07) is 3.71. The van der Waals surface area contributed by atoms with E-state index in [1.165, 1.54) is 10.7 Å². The molecule has 1 aromatic rings. The molecule has 0 bridgehead atoms. The molecule has 2 fully saturated rings. The van der Waals surface area contributed by atoms with Gasteiger partial charge in [-0.25, -0.2) is 4.72 Å². The highest BCUT2D eigenvalue weighted by Crippen LogP contribution is 2.24. The third-order valence-corrected chi connectivity index (χ3v) is 6.05. The van der Waals surface area contributed by atoms with Gasteiger partial charge in [0, 0.05) is 19.6 Å². The van der Waals surface area contributed by atoms with Crippen LogP contribution in [0.25, 0.3) is 0 Å². The molecule has 3 rings (SSSR count). The van der Waals surface area contributed by atoms with E-state index < -0.39 is 10.2 Å². The van der Waals surface area contributed by atoms with Crippen molar-refractivity contribution in [1.29, 1.82) is 0 Å². The molecule has 23 heavy (non-hydrogen) atoms. The van der Waals surface area contributed by atoms with Gasteiger partial charge in [0.1, 0.15) is 5.76 Å². The molecule has 0 spiro atoms. The van der Waals surface area contributed by atoms with Crippen LogP contribution in [0.1, 0.15) is 31.1 Å². The molecule has 8 heteroatoms. The van der Waals surface area contributed by atoms with Gasteiger partial charge in [-0.05, 0) is 38.1 Å². The number of ether oxygens (including phenoxy) is 1. The van der Waals surface area contributed by atoms with Gasteiger partial charge >= 0.3 is 0 Å². The second kappa shape index (κ2) is 7.76. The molecule has 2 saturated heterocycles. The molecule has 0 aliphatic carbocycles. The fourth-order valence-electron chi connectivity index (χ4n) is 3.18. The molecule has 1 aromatic heterocycles. The van der Waals surface area contributed by atoms with E-state index in [0.29, 0.717) is 32.8 Å². The van der Waals surface area contributed by atoms with Crippen LogP contribution in [0.5, 0.6) is 0 Å². The first-order valence-electron chi connectivity index (χ1n) is 8.27. The minimum absolute atomic E-state index is 0.0545. The number of hydrogen-bond acceptors (Lipinski definition) is 5. The predicted molar refractivity (Wildman–Crippen MR) is 86.2 cm³/mol. The van der Waals surface area contributed by atoms with Crippen molar-refractivity contribution in [3.05, 3.63) is 24.2 Å². The first-order chi connectivity index (χ1) is 11.2. The first kappa shape index (κ1) is 16.9. The van der Waals surface area contributed by atoms with Gasteiger partial charge in [-0.3, -0.25) is 4.90 Å². The Morgan fingerprint density at radius 1 is 1.13 bits per heavy atom. The Hall–Kier alpha value is -0.930. The quantitative estimate of drug-likeness (QED) is 0.833. The summed E-state index contributed by atoms with van der Waals surface area (Å²) in [6.45, 7) is 4.00. The standard InChI is InChI=1S/C15H25N3O4S/c19-23(20,18-8-11-21-12-9-18)16-13-14(15-5-4-10-22-15)17-6-2-1-3-7-17/h4-5,10,14,16H,1-3,6-9,11-13H2. The molecule has 3 heterocycles. The van der Waals surface area contributed by atoms with Crippen LogP contribution >= 0.6 is 0 Å². The number of rotatable bonds is 6. The Kier molecular flexibility index (Phi) is 5.71. The Balaban J connectivity index is 1.66. The van der Waals surface area contributed by atoms with E-state index in [4.69, 9.17) is 9.15 Å². The topological polar surface area (TPSA) is 75.0 Å². The number of likely N-dealkylation sites (tertiary alicyclic amines) is 1. The molecule has 0 radical (unpaired) electrons. The molecule has 0 saturated carbocycles. The van der Waals surface area contributed by atoms with Gasteiger partial charge in [-0.2, -0.15) is 12.7 Å². The van der Waals surface area contributed by atoms with Gasteiger partial charge in [-0.1, -0.05) is 6.42 Å². The molecular formula is C15H25N3O4S. The highest BCUT2D eigenvalue weighted by Gasteiger charge is 2.29. The molecular weight excluding hydrogens is 318 g/mol. The predicted octanol–water partition coefficient (Wildman–Crippen LogP) is 0.973. The molecule has 0 amide bonds. The first-order valence-corrected chi connectivity index (χ1v) is 9.71. The summed E-state index contributed by atoms with van der Waals surface area (Å²) >= 11 is 0. The molecule has 1 atom stereocenters. The van der Waals surface area contributed by atoms with E-state index in [1.54, 1.807) is 6.26 Å². The zero-order chi connectivity index (χ0) is 16.1. The van der Waals surface area contributed by atoms with Crippen LogP contribution in [-0.4, -0.2) is 63.6 Å². The van der Waals surface area contributed by atoms with Crippen LogP contribution in [0.15, 0.2) is 22.8 Å². The largest absolute Gasteiger partial charge is 0.468 e. The van der Waals surface area contributed by atoms with Crippen molar-refractivity contribution in [1.82, 2.24) is 13.9 Å². The highest BCUT2D eigenvalue weighted by atomic mass is 32.2. The highest BCUT2D eigenvalue weighted by molar-refractivity contribution is 7.87. The van der Waals surface area contributed by atoms with Gasteiger partial charge in [0.15, 0.2) is 0 Å². The lowest BCUT2D eigenvalue weighted by atomic mass is 10.1. The second-order valence-corrected chi connectivity index (χ2v) is 7.75. The summed E-state index contributed by atoms with van der Waals surface area (Å²) in [5, 5.41) is 0. The smallest absolute Gasteiger partial charge is 0.279 e. The minimum atomic E-state index is -3.47. The van der Waals surface area contributed by atoms with Crippen molar-refractivity contribution in [2.75, 3.05) is 45.9 Å². The lowest BCUT2D eigenvalue weighted by Crippen LogP contribution is -2.49. The molecule has 2 aliphatic heterocycles. The van der Waals surface area contributed by atoms with Crippen LogP contribution in [0.3, 0.4) is 0 Å². The Morgan fingerprint density at radius 3 is 2.52 bits per heavy atom. The van der Waals surface area contributed by atoms with E-state index in [2.05, 4.69) is 9.62 Å². The maximum absolute atomic E-state index is 12.5. The summed E-state index contributed by atoms with van der Waals surface area (Å²) in [5.74, 6) is 0.816. The number of piperidine rings is 1. The number of nitrogens with one attached hydrogen (secondary N) is 1. The zero-order valence-corrected chi connectivity index (χ0v) is 14.1. The number of hydrogen-bond donors (Lipinski definition) is 1. The lowest BCUT2D eigenvalue weighted by molar-refractivity contribution is 0.0721. The monoisotopic (exact) mass is 343 g/mol. The van der Waals surface area contributed by atoms with Gasteiger partial charge in [0.05, 0.1) is 25.5 Å². The SMILES string of the molecule is O=S(=O)(NCC(c1ccco1)N1CCCCC1)N1CCOCC1. The van der Waals surface area contributed by atoms with Crippen LogP contribution in [0.2, 0.25) is 0 Å². The Labute approximate surface area is 137 Å². The van der Waals surface area contributed by atoms with Crippen molar-refractivity contribution < 1.29 is 17.6 Å². The van der Waals surface area contributed by atoms with E-state index >= 15 is 0 Å². The van der Waals surface area contributed by atoms with Crippen molar-refractivity contribution >= 4 is 10.2 Å². The van der Waals surface area contributed by atoms with Crippen LogP contribution in [0, 0.1) is 0 Å². The van der Waals surface area contributed by atoms with E-state index in [-0.39, 0.29) is 6.04 Å². The summed E-state index contributed by atoms with van der Waals surface area (Å²) in [6.07, 6.45) is 5.17. The number of morpholine rings is 1. The third kappa shape index (κ3) is 4.33. The second-order valence-electron chi connectivity index (χ2n) is 5.99. The molecule has 0 aromatic carbocycles. The molecule has 1 N–H and O–H groups in total. The van der Waals surface area contributed by atoms with E-state index in [9.17, 15) is 8.42 Å². The van der Waals surface area contributed by atoms with Crippen molar-refractivity contribution in [3.63, 3.8) is 0 Å². The van der Waals surface area contributed by atoms with Gasteiger partial charge in [-0.15, -0.1) is 0 Å². The fourth-order valence-corrected chi connectivity index (χ4v) is 4.36.